The number of hydrogen-bond donors (Lipinski definition) is 0. The molecule has 1 amide bonds. The molecule has 1 aromatic carbocycles. The summed E-state index contributed by atoms with van der Waals surface area (Å²) in [6.07, 6.45) is 4.18. The predicted octanol–water partition coefficient (Wildman–Crippen LogP) is 4.41. The molecule has 2 aliphatic rings. The molecule has 1 fully saturated rings. The lowest BCUT2D eigenvalue weighted by molar-refractivity contribution is 0.00578. The van der Waals surface area contributed by atoms with Crippen LogP contribution >= 0.6 is 0 Å². The van der Waals surface area contributed by atoms with Gasteiger partial charge in [-0.2, -0.15) is 4.99 Å². The number of nitrogens with zero attached hydrogens (tertiary/aromatic N) is 1. The Morgan fingerprint density at radius 2 is 1.86 bits per heavy atom. The highest BCUT2D eigenvalue weighted by Gasteiger charge is 2.52. The number of rotatable bonds is 2. The number of carbonyl (C=O) groups is 1. The van der Waals surface area contributed by atoms with E-state index in [4.69, 9.17) is 14.0 Å². The van der Waals surface area contributed by atoms with E-state index in [0.717, 1.165) is 24.7 Å². The molecule has 0 radical (unpaired) electrons. The van der Waals surface area contributed by atoms with Gasteiger partial charge in [-0.1, -0.05) is 18.2 Å². The van der Waals surface area contributed by atoms with E-state index >= 15 is 0 Å². The Hall–Kier alpha value is -1.66. The minimum Gasteiger partial charge on any atom is -0.442 e. The number of amides is 1. The summed E-state index contributed by atoms with van der Waals surface area (Å²) in [4.78, 5) is 16.0. The topological polar surface area (TPSA) is 57.1 Å². The molecule has 0 N–H and O–H groups in total. The lowest BCUT2D eigenvalue weighted by atomic mass is 9.70. The zero-order valence-electron chi connectivity index (χ0n) is 18.2. The molecule has 1 heterocycles. The van der Waals surface area contributed by atoms with Crippen molar-refractivity contribution >= 4 is 24.9 Å². The van der Waals surface area contributed by atoms with Gasteiger partial charge < -0.3 is 14.0 Å². The molecule has 5 nitrogen and oxygen atoms in total. The summed E-state index contributed by atoms with van der Waals surface area (Å²) in [5.74, 6) is 0.0960. The Morgan fingerprint density at radius 1 is 1.21 bits per heavy atom. The van der Waals surface area contributed by atoms with Crippen LogP contribution in [0.1, 0.15) is 78.4 Å². The van der Waals surface area contributed by atoms with E-state index in [0.29, 0.717) is 0 Å². The van der Waals surface area contributed by atoms with E-state index < -0.39 is 11.7 Å². The van der Waals surface area contributed by atoms with Crippen LogP contribution < -0.4 is 5.46 Å². The van der Waals surface area contributed by atoms with Gasteiger partial charge in [0.15, 0.2) is 0 Å². The fourth-order valence-electron chi connectivity index (χ4n) is 3.70. The SMILES string of the molecule is CC(C)(C)OC(=O)/N=C\C1CCCc2c(B3OC(C)(C)C(C)(C)O3)cccc21. The third-order valence-corrected chi connectivity index (χ3v) is 5.85. The van der Waals surface area contributed by atoms with Gasteiger partial charge in [-0.05, 0) is 84.3 Å². The Bertz CT molecular complexity index is 763. The quantitative estimate of drug-likeness (QED) is 0.559. The van der Waals surface area contributed by atoms with Crippen LogP contribution in [0.25, 0.3) is 0 Å². The first kappa shape index (κ1) is 21.1. The van der Waals surface area contributed by atoms with Gasteiger partial charge in [0.05, 0.1) is 11.2 Å². The Labute approximate surface area is 169 Å². The second kappa shape index (κ2) is 7.31. The maximum Gasteiger partial charge on any atom is 0.495 e. The van der Waals surface area contributed by atoms with Crippen molar-refractivity contribution in [2.45, 2.75) is 90.4 Å². The average Bonchev–Trinajstić information content (AvgIpc) is 2.78. The third kappa shape index (κ3) is 4.33. The van der Waals surface area contributed by atoms with Gasteiger partial charge in [-0.3, -0.25) is 0 Å². The van der Waals surface area contributed by atoms with Crippen LogP contribution in [0.4, 0.5) is 4.79 Å². The largest absolute Gasteiger partial charge is 0.495 e. The van der Waals surface area contributed by atoms with Gasteiger partial charge in [-0.15, -0.1) is 0 Å². The van der Waals surface area contributed by atoms with E-state index in [1.54, 1.807) is 6.21 Å². The van der Waals surface area contributed by atoms with Crippen molar-refractivity contribution in [3.05, 3.63) is 29.3 Å². The normalized spacial score (nSPS) is 23.7. The molecule has 3 rings (SSSR count). The summed E-state index contributed by atoms with van der Waals surface area (Å²) >= 11 is 0. The van der Waals surface area contributed by atoms with Gasteiger partial charge in [0.25, 0.3) is 0 Å². The maximum absolute atomic E-state index is 12.0. The fraction of sp³-hybridized carbons (Fsp3) is 0.636. The molecule has 1 atom stereocenters. The molecule has 1 saturated heterocycles. The lowest BCUT2D eigenvalue weighted by Gasteiger charge is -2.32. The zero-order valence-corrected chi connectivity index (χ0v) is 18.2. The molecule has 0 bridgehead atoms. The summed E-state index contributed by atoms with van der Waals surface area (Å²) in [7, 11) is -0.374. The summed E-state index contributed by atoms with van der Waals surface area (Å²) in [6.45, 7) is 13.8. The molecule has 6 heteroatoms. The van der Waals surface area contributed by atoms with Crippen molar-refractivity contribution in [3.8, 4) is 0 Å². The Kier molecular flexibility index (Phi) is 5.50. The van der Waals surface area contributed by atoms with Crippen LogP contribution in [-0.4, -0.2) is 36.2 Å². The molecule has 1 aromatic rings. The van der Waals surface area contributed by atoms with Crippen molar-refractivity contribution in [1.82, 2.24) is 0 Å². The minimum atomic E-state index is -0.540. The first-order valence-corrected chi connectivity index (χ1v) is 10.1. The second-order valence-electron chi connectivity index (χ2n) is 9.76. The summed E-state index contributed by atoms with van der Waals surface area (Å²) in [6, 6.07) is 6.25. The van der Waals surface area contributed by atoms with Crippen molar-refractivity contribution in [2.75, 3.05) is 0 Å². The summed E-state index contributed by atoms with van der Waals surface area (Å²) < 4.78 is 17.8. The van der Waals surface area contributed by atoms with Crippen LogP contribution in [0.3, 0.4) is 0 Å². The molecule has 1 aliphatic carbocycles. The molecule has 1 aliphatic heterocycles. The van der Waals surface area contributed by atoms with Crippen molar-refractivity contribution in [2.24, 2.45) is 4.99 Å². The highest BCUT2D eigenvalue weighted by atomic mass is 16.7. The summed E-state index contributed by atoms with van der Waals surface area (Å²) in [5.41, 5.74) is 2.27. The number of fused-ring (bicyclic) bond motifs is 1. The molecule has 152 valence electrons. The highest BCUT2D eigenvalue weighted by Crippen LogP contribution is 2.38. The molecule has 0 aromatic heterocycles. The van der Waals surface area contributed by atoms with E-state index in [1.165, 1.54) is 11.1 Å². The highest BCUT2D eigenvalue weighted by molar-refractivity contribution is 6.62. The number of carbonyl (C=O) groups excluding carboxylic acids is 1. The van der Waals surface area contributed by atoms with Crippen LogP contribution in [0, 0.1) is 0 Å². The smallest absolute Gasteiger partial charge is 0.442 e. The minimum absolute atomic E-state index is 0.0960. The monoisotopic (exact) mass is 385 g/mol. The van der Waals surface area contributed by atoms with Gasteiger partial charge in [0.2, 0.25) is 0 Å². The number of ether oxygens (including phenoxy) is 1. The van der Waals surface area contributed by atoms with Crippen LogP contribution in [0.2, 0.25) is 0 Å². The van der Waals surface area contributed by atoms with E-state index in [-0.39, 0.29) is 24.2 Å². The van der Waals surface area contributed by atoms with E-state index in [9.17, 15) is 4.79 Å². The molecule has 0 spiro atoms. The van der Waals surface area contributed by atoms with E-state index in [1.807, 2.05) is 26.8 Å². The zero-order chi connectivity index (χ0) is 20.7. The molecular weight excluding hydrogens is 353 g/mol. The molecular formula is C22H32BNO4. The van der Waals surface area contributed by atoms with Gasteiger partial charge in [-0.25, -0.2) is 4.79 Å². The van der Waals surface area contributed by atoms with Crippen molar-refractivity contribution in [1.29, 1.82) is 0 Å². The van der Waals surface area contributed by atoms with E-state index in [2.05, 4.69) is 44.8 Å². The number of hydrogen-bond acceptors (Lipinski definition) is 4. The molecule has 1 unspecified atom stereocenters. The standard InChI is InChI=1S/C22H32BNO4/c1-20(2,3)26-19(25)24-14-15-10-8-12-17-16(15)11-9-13-18(17)23-27-21(4,5)22(6,7)28-23/h9,11,13-15H,8,10,12H2,1-7H3/b24-14-. The van der Waals surface area contributed by atoms with Gasteiger partial charge in [0, 0.05) is 12.1 Å². The first-order valence-electron chi connectivity index (χ1n) is 10.1. The number of aliphatic imine (C=N–C) groups is 1. The first-order chi connectivity index (χ1) is 12.9. The average molecular weight is 385 g/mol. The van der Waals surface area contributed by atoms with Crippen LogP contribution in [0.5, 0.6) is 0 Å². The van der Waals surface area contributed by atoms with Gasteiger partial charge >= 0.3 is 13.2 Å². The van der Waals surface area contributed by atoms with Crippen LogP contribution in [0.15, 0.2) is 23.2 Å². The Morgan fingerprint density at radius 3 is 2.46 bits per heavy atom. The second-order valence-corrected chi connectivity index (χ2v) is 9.76. The molecule has 0 saturated carbocycles. The van der Waals surface area contributed by atoms with Crippen LogP contribution in [-0.2, 0) is 20.5 Å². The summed E-state index contributed by atoms with van der Waals surface area (Å²) in [5, 5.41) is 0. The number of benzene rings is 1. The van der Waals surface area contributed by atoms with Gasteiger partial charge in [0.1, 0.15) is 5.60 Å². The predicted molar refractivity (Wildman–Crippen MR) is 113 cm³/mol. The fourth-order valence-corrected chi connectivity index (χ4v) is 3.70. The molecule has 28 heavy (non-hydrogen) atoms. The van der Waals surface area contributed by atoms with Crippen molar-refractivity contribution < 1.29 is 18.8 Å². The Balaban J connectivity index is 1.84. The lowest BCUT2D eigenvalue weighted by Crippen LogP contribution is -2.41. The maximum atomic E-state index is 12.0. The third-order valence-electron chi connectivity index (χ3n) is 5.85. The van der Waals surface area contributed by atoms with Crippen molar-refractivity contribution in [3.63, 3.8) is 0 Å².